The fourth-order valence-electron chi connectivity index (χ4n) is 1.67. The molecule has 0 aliphatic rings. The van der Waals surface area contributed by atoms with Gasteiger partial charge in [-0.15, -0.1) is 17.8 Å². The molecule has 0 amide bonds. The van der Waals surface area contributed by atoms with Crippen molar-refractivity contribution in [1.29, 1.82) is 0 Å². The molecule has 2 aromatic rings. The SMILES string of the molecule is CSCOc1ccc(-c2[c-]ccc(=O)n2C)c(Cl)c1.[Y]. The van der Waals surface area contributed by atoms with Crippen LogP contribution >= 0.6 is 23.4 Å². The van der Waals surface area contributed by atoms with Crippen molar-refractivity contribution in [2.24, 2.45) is 7.05 Å². The summed E-state index contributed by atoms with van der Waals surface area (Å²) in [4.78, 5) is 11.6. The van der Waals surface area contributed by atoms with Crippen LogP contribution in [0.4, 0.5) is 0 Å². The normalized spacial score (nSPS) is 9.95. The van der Waals surface area contributed by atoms with Gasteiger partial charge in [0.15, 0.2) is 5.56 Å². The first-order chi connectivity index (χ1) is 9.13. The third-order valence-electron chi connectivity index (χ3n) is 2.65. The van der Waals surface area contributed by atoms with Gasteiger partial charge in [-0.2, -0.15) is 12.1 Å². The smallest absolute Gasteiger partial charge is 0.194 e. The largest absolute Gasteiger partial charge is 0.483 e. The number of hydrogen-bond acceptors (Lipinski definition) is 3. The Bertz CT molecular complexity index is 645. The van der Waals surface area contributed by atoms with Gasteiger partial charge in [-0.25, -0.2) is 0 Å². The van der Waals surface area contributed by atoms with Crippen molar-refractivity contribution in [2.45, 2.75) is 0 Å². The number of halogens is 1. The van der Waals surface area contributed by atoms with Crippen molar-refractivity contribution in [1.82, 2.24) is 4.57 Å². The molecule has 1 aromatic carbocycles. The molecule has 1 radical (unpaired) electrons. The standard InChI is InChI=1S/C14H13ClNO2S.Y/c1-16-13(4-3-5-14(16)17)11-7-6-10(8-12(11)15)18-9-19-2;/h3,5-8H,9H2,1-2H3;/q-1;. The van der Waals surface area contributed by atoms with Crippen LogP contribution in [-0.2, 0) is 39.8 Å². The summed E-state index contributed by atoms with van der Waals surface area (Å²) in [6.45, 7) is 0. The Balaban J connectivity index is 0.00000200. The minimum Gasteiger partial charge on any atom is -0.483 e. The van der Waals surface area contributed by atoms with E-state index in [2.05, 4.69) is 6.07 Å². The molecule has 20 heavy (non-hydrogen) atoms. The van der Waals surface area contributed by atoms with Crippen molar-refractivity contribution in [3.8, 4) is 17.0 Å². The molecule has 0 aliphatic heterocycles. The minimum atomic E-state index is -0.0903. The van der Waals surface area contributed by atoms with Crippen LogP contribution in [0.3, 0.4) is 0 Å². The van der Waals surface area contributed by atoms with Crippen molar-refractivity contribution >= 4 is 23.4 Å². The zero-order valence-electron chi connectivity index (χ0n) is 11.2. The molecule has 0 fully saturated rings. The van der Waals surface area contributed by atoms with Crippen LogP contribution in [-0.4, -0.2) is 16.8 Å². The molecule has 0 bridgehead atoms. The topological polar surface area (TPSA) is 31.2 Å². The summed E-state index contributed by atoms with van der Waals surface area (Å²) in [6, 6.07) is 11.5. The Morgan fingerprint density at radius 1 is 1.40 bits per heavy atom. The fraction of sp³-hybridized carbons (Fsp3) is 0.214. The predicted molar refractivity (Wildman–Crippen MR) is 80.0 cm³/mol. The van der Waals surface area contributed by atoms with E-state index in [0.717, 1.165) is 5.56 Å². The van der Waals surface area contributed by atoms with Crippen LogP contribution in [0.5, 0.6) is 5.75 Å². The summed E-state index contributed by atoms with van der Waals surface area (Å²) >= 11 is 7.84. The second kappa shape index (κ2) is 8.23. The number of thioether (sulfide) groups is 1. The van der Waals surface area contributed by atoms with E-state index in [1.807, 2.05) is 18.4 Å². The number of hydrogen-bond donors (Lipinski definition) is 0. The van der Waals surface area contributed by atoms with Gasteiger partial charge >= 0.3 is 0 Å². The van der Waals surface area contributed by atoms with E-state index in [0.29, 0.717) is 22.4 Å². The van der Waals surface area contributed by atoms with E-state index in [1.165, 1.54) is 10.6 Å². The molecule has 2 rings (SSSR count). The summed E-state index contributed by atoms with van der Waals surface area (Å²) in [5.74, 6) is 1.29. The van der Waals surface area contributed by atoms with E-state index < -0.39 is 0 Å². The Morgan fingerprint density at radius 2 is 2.15 bits per heavy atom. The van der Waals surface area contributed by atoms with Gasteiger partial charge < -0.3 is 9.30 Å². The van der Waals surface area contributed by atoms with Crippen molar-refractivity contribution in [3.05, 3.63) is 51.8 Å². The van der Waals surface area contributed by atoms with Crippen LogP contribution in [0.1, 0.15) is 0 Å². The van der Waals surface area contributed by atoms with Gasteiger partial charge in [0.25, 0.3) is 0 Å². The average molecular weight is 384 g/mol. The first-order valence-corrected chi connectivity index (χ1v) is 7.40. The van der Waals surface area contributed by atoms with Gasteiger partial charge in [-0.05, 0) is 23.4 Å². The van der Waals surface area contributed by atoms with Gasteiger partial charge in [0.05, 0.1) is 0 Å². The van der Waals surface area contributed by atoms with Gasteiger partial charge in [-0.3, -0.25) is 4.79 Å². The third kappa shape index (κ3) is 4.11. The Labute approximate surface area is 152 Å². The van der Waals surface area contributed by atoms with Crippen LogP contribution in [0, 0.1) is 6.07 Å². The number of nitrogens with zero attached hydrogens (tertiary/aromatic N) is 1. The van der Waals surface area contributed by atoms with Crippen LogP contribution in [0.25, 0.3) is 11.3 Å². The number of pyridine rings is 1. The van der Waals surface area contributed by atoms with Crippen molar-refractivity contribution < 1.29 is 37.4 Å². The molecule has 0 aliphatic carbocycles. The van der Waals surface area contributed by atoms with E-state index in [1.54, 1.807) is 30.9 Å². The van der Waals surface area contributed by atoms with Crippen molar-refractivity contribution in [2.75, 3.05) is 12.2 Å². The minimum absolute atomic E-state index is 0. The molecule has 6 heteroatoms. The second-order valence-corrected chi connectivity index (χ2v) is 5.14. The molecule has 3 nitrogen and oxygen atoms in total. The monoisotopic (exact) mass is 383 g/mol. The average Bonchev–Trinajstić information content (AvgIpc) is 2.40. The molecule has 0 N–H and O–H groups in total. The van der Waals surface area contributed by atoms with Crippen LogP contribution in [0.15, 0.2) is 35.1 Å². The summed E-state index contributed by atoms with van der Waals surface area (Å²) < 4.78 is 7.00. The Morgan fingerprint density at radius 3 is 2.80 bits per heavy atom. The fourth-order valence-corrected chi connectivity index (χ4v) is 2.19. The summed E-state index contributed by atoms with van der Waals surface area (Å²) in [5.41, 5.74) is 1.33. The third-order valence-corrected chi connectivity index (χ3v) is 3.32. The number of aromatic nitrogens is 1. The summed E-state index contributed by atoms with van der Waals surface area (Å²) in [6.07, 6.45) is 1.96. The van der Waals surface area contributed by atoms with Crippen LogP contribution in [0.2, 0.25) is 5.02 Å². The first-order valence-electron chi connectivity index (χ1n) is 5.63. The zero-order chi connectivity index (χ0) is 13.8. The predicted octanol–water partition coefficient (Wildman–Crippen LogP) is 3.20. The quantitative estimate of drug-likeness (QED) is 0.600. The van der Waals surface area contributed by atoms with Crippen molar-refractivity contribution in [3.63, 3.8) is 0 Å². The molecular weight excluding hydrogens is 371 g/mol. The molecule has 0 saturated carbocycles. The maximum absolute atomic E-state index is 11.6. The van der Waals surface area contributed by atoms with Gasteiger partial charge in [0, 0.05) is 39.8 Å². The van der Waals surface area contributed by atoms with E-state index in [4.69, 9.17) is 16.3 Å². The van der Waals surface area contributed by atoms with E-state index in [9.17, 15) is 4.79 Å². The van der Waals surface area contributed by atoms with E-state index >= 15 is 0 Å². The number of ether oxygens (including phenoxy) is 1. The maximum Gasteiger partial charge on any atom is 0.194 e. The second-order valence-electron chi connectivity index (χ2n) is 3.92. The van der Waals surface area contributed by atoms with Gasteiger partial charge in [0.2, 0.25) is 0 Å². The molecule has 0 spiro atoms. The Kier molecular flexibility index (Phi) is 7.31. The molecule has 1 heterocycles. The zero-order valence-corrected chi connectivity index (χ0v) is 15.6. The summed E-state index contributed by atoms with van der Waals surface area (Å²) in [5, 5.41) is 0.538. The molecule has 0 saturated heterocycles. The van der Waals surface area contributed by atoms with Crippen LogP contribution < -0.4 is 10.3 Å². The van der Waals surface area contributed by atoms with E-state index in [-0.39, 0.29) is 38.3 Å². The molecule has 1 aromatic heterocycles. The number of rotatable bonds is 4. The van der Waals surface area contributed by atoms with Gasteiger partial charge in [0.1, 0.15) is 11.7 Å². The first kappa shape index (κ1) is 17.8. The molecule has 0 unspecified atom stereocenters. The number of benzene rings is 1. The maximum atomic E-state index is 11.6. The molecular formula is C14H13ClNO2SY-. The summed E-state index contributed by atoms with van der Waals surface area (Å²) in [7, 11) is 1.70. The molecule has 103 valence electrons. The van der Waals surface area contributed by atoms with Gasteiger partial charge in [-0.1, -0.05) is 28.9 Å². The Hall–Kier alpha value is -0.286. The molecule has 0 atom stereocenters.